The van der Waals surface area contributed by atoms with Gasteiger partial charge in [-0.15, -0.1) is 0 Å². The highest BCUT2D eigenvalue weighted by Gasteiger charge is 2.25. The number of nitrogens with two attached hydrogens (primary N) is 1. The summed E-state index contributed by atoms with van der Waals surface area (Å²) in [6, 6.07) is 3.57. The smallest absolute Gasteiger partial charge is 0.251 e. The molecule has 0 unspecified atom stereocenters. The van der Waals surface area contributed by atoms with Crippen molar-refractivity contribution in [2.75, 3.05) is 25.6 Å². The van der Waals surface area contributed by atoms with E-state index < -0.39 is 0 Å². The number of ether oxygens (including phenoxy) is 3. The van der Waals surface area contributed by atoms with Crippen LogP contribution in [0.25, 0.3) is 0 Å². The molecule has 9 nitrogen and oxygen atoms in total. The molecule has 10 heteroatoms. The van der Waals surface area contributed by atoms with Crippen LogP contribution in [-0.2, 0) is 11.3 Å². The predicted octanol–water partition coefficient (Wildman–Crippen LogP) is 2.14. The van der Waals surface area contributed by atoms with Gasteiger partial charge in [-0.2, -0.15) is 0 Å². The van der Waals surface area contributed by atoms with Crippen molar-refractivity contribution in [3.8, 4) is 11.5 Å². The summed E-state index contributed by atoms with van der Waals surface area (Å²) >= 11 is 6.42. The van der Waals surface area contributed by atoms with Crippen molar-refractivity contribution in [3.05, 3.63) is 40.7 Å². The van der Waals surface area contributed by atoms with Gasteiger partial charge in [-0.25, -0.2) is 9.97 Å². The maximum atomic E-state index is 12.4. The van der Waals surface area contributed by atoms with Gasteiger partial charge in [-0.05, 0) is 31.4 Å². The number of methoxy groups -OCH3 is 1. The molecule has 1 amide bonds. The Bertz CT molecular complexity index is 923. The van der Waals surface area contributed by atoms with Crippen LogP contribution in [-0.4, -0.2) is 54.3 Å². The van der Waals surface area contributed by atoms with Crippen molar-refractivity contribution in [2.24, 2.45) is 5.73 Å². The van der Waals surface area contributed by atoms with Crippen molar-refractivity contribution in [3.63, 3.8) is 0 Å². The van der Waals surface area contributed by atoms with Gasteiger partial charge < -0.3 is 30.6 Å². The fraction of sp³-hybridized carbons (Fsp3) is 0.476. The third kappa shape index (κ3) is 5.55. The first kappa shape index (κ1) is 21.6. The van der Waals surface area contributed by atoms with Crippen LogP contribution in [0.4, 0.5) is 5.95 Å². The molecule has 1 aromatic carbocycles. The maximum absolute atomic E-state index is 12.4. The summed E-state index contributed by atoms with van der Waals surface area (Å²) < 4.78 is 16.6. The number of nitrogens with one attached hydrogen (secondary N) is 2. The minimum Gasteiger partial charge on any atom is -0.495 e. The molecular formula is C21H26ClN5O4. The third-order valence-electron chi connectivity index (χ3n) is 5.26. The molecule has 31 heavy (non-hydrogen) atoms. The van der Waals surface area contributed by atoms with Crippen LogP contribution < -0.4 is 25.8 Å². The quantitative estimate of drug-likeness (QED) is 0.562. The number of amides is 1. The first-order valence-electron chi connectivity index (χ1n) is 10.3. The molecule has 1 aliphatic heterocycles. The minimum absolute atomic E-state index is 0.00482. The van der Waals surface area contributed by atoms with Crippen molar-refractivity contribution in [1.29, 1.82) is 0 Å². The molecule has 2 heterocycles. The van der Waals surface area contributed by atoms with Gasteiger partial charge in [-0.3, -0.25) is 4.79 Å². The van der Waals surface area contributed by atoms with E-state index in [1.807, 2.05) is 0 Å². The van der Waals surface area contributed by atoms with Crippen LogP contribution in [0.3, 0.4) is 0 Å². The van der Waals surface area contributed by atoms with Crippen LogP contribution in [0.2, 0.25) is 5.02 Å². The predicted molar refractivity (Wildman–Crippen MR) is 116 cm³/mol. The maximum Gasteiger partial charge on any atom is 0.251 e. The van der Waals surface area contributed by atoms with Crippen LogP contribution in [0.5, 0.6) is 11.5 Å². The summed E-state index contributed by atoms with van der Waals surface area (Å²) in [6.07, 6.45) is 5.95. The fourth-order valence-corrected chi connectivity index (χ4v) is 3.47. The summed E-state index contributed by atoms with van der Waals surface area (Å²) in [4.78, 5) is 21.0. The van der Waals surface area contributed by atoms with Crippen molar-refractivity contribution in [2.45, 2.75) is 44.0 Å². The molecule has 2 aromatic rings. The summed E-state index contributed by atoms with van der Waals surface area (Å²) in [5.74, 6) is 1.20. The molecule has 0 radical (unpaired) electrons. The topological polar surface area (TPSA) is 121 Å². The van der Waals surface area contributed by atoms with Gasteiger partial charge in [0.05, 0.1) is 37.2 Å². The second-order valence-corrected chi connectivity index (χ2v) is 8.09. The fourth-order valence-electron chi connectivity index (χ4n) is 3.23. The van der Waals surface area contributed by atoms with Crippen molar-refractivity contribution < 1.29 is 19.0 Å². The van der Waals surface area contributed by atoms with Crippen LogP contribution in [0.15, 0.2) is 24.5 Å². The van der Waals surface area contributed by atoms with E-state index in [0.29, 0.717) is 46.8 Å². The molecule has 0 bridgehead atoms. The van der Waals surface area contributed by atoms with E-state index in [2.05, 4.69) is 20.6 Å². The SMILES string of the molecule is COc1cc(C(=O)NC2CC2)cc(COc2cnc(N[C@@H]3COCC[C@@H]3N)nc2)c1Cl. The lowest BCUT2D eigenvalue weighted by molar-refractivity contribution is 0.0766. The van der Waals surface area contributed by atoms with E-state index in [4.69, 9.17) is 31.5 Å². The average Bonchev–Trinajstić information content (AvgIpc) is 3.59. The summed E-state index contributed by atoms with van der Waals surface area (Å²) in [5.41, 5.74) is 7.21. The Labute approximate surface area is 185 Å². The van der Waals surface area contributed by atoms with E-state index >= 15 is 0 Å². The Morgan fingerprint density at radius 3 is 2.74 bits per heavy atom. The van der Waals surface area contributed by atoms with E-state index in [1.165, 1.54) is 7.11 Å². The van der Waals surface area contributed by atoms with Gasteiger partial charge in [-0.1, -0.05) is 11.6 Å². The number of aromatic nitrogens is 2. The molecule has 4 rings (SSSR count). The molecule has 2 fully saturated rings. The van der Waals surface area contributed by atoms with Crippen LogP contribution in [0.1, 0.15) is 35.2 Å². The van der Waals surface area contributed by atoms with Crippen molar-refractivity contribution in [1.82, 2.24) is 15.3 Å². The number of rotatable bonds is 8. The zero-order valence-corrected chi connectivity index (χ0v) is 18.0. The Hall–Kier alpha value is -2.62. The van der Waals surface area contributed by atoms with Gasteiger partial charge in [0.15, 0.2) is 5.75 Å². The first-order chi connectivity index (χ1) is 15.0. The number of hydrogen-bond acceptors (Lipinski definition) is 8. The third-order valence-corrected chi connectivity index (χ3v) is 5.68. The highest BCUT2D eigenvalue weighted by molar-refractivity contribution is 6.33. The van der Waals surface area contributed by atoms with E-state index in [1.54, 1.807) is 24.5 Å². The molecule has 1 saturated carbocycles. The average molecular weight is 448 g/mol. The zero-order chi connectivity index (χ0) is 21.8. The molecule has 2 atom stereocenters. The first-order valence-corrected chi connectivity index (χ1v) is 10.6. The molecule has 1 saturated heterocycles. The molecule has 166 valence electrons. The number of hydrogen-bond donors (Lipinski definition) is 3. The number of benzene rings is 1. The van der Waals surface area contributed by atoms with Crippen LogP contribution >= 0.6 is 11.6 Å². The minimum atomic E-state index is -0.151. The van der Waals surface area contributed by atoms with E-state index in [9.17, 15) is 4.79 Å². The highest BCUT2D eigenvalue weighted by atomic mass is 35.5. The number of anilines is 1. The number of nitrogens with zero attached hydrogens (tertiary/aromatic N) is 2. The number of halogens is 1. The molecule has 0 spiro atoms. The molecule has 2 aliphatic rings. The monoisotopic (exact) mass is 447 g/mol. The van der Waals surface area contributed by atoms with Crippen LogP contribution in [0, 0.1) is 0 Å². The van der Waals surface area contributed by atoms with Gasteiger partial charge >= 0.3 is 0 Å². The largest absolute Gasteiger partial charge is 0.495 e. The molecule has 1 aliphatic carbocycles. The normalized spacial score (nSPS) is 20.7. The Morgan fingerprint density at radius 2 is 2.06 bits per heavy atom. The number of carbonyl (C=O) groups excluding carboxylic acids is 1. The Balaban J connectivity index is 1.40. The lowest BCUT2D eigenvalue weighted by atomic mass is 10.1. The second kappa shape index (κ2) is 9.67. The highest BCUT2D eigenvalue weighted by Crippen LogP contribution is 2.31. The van der Waals surface area contributed by atoms with E-state index in [0.717, 1.165) is 19.3 Å². The standard InChI is InChI=1S/C21H26ClN5O4/c1-29-18-7-12(20(28)26-14-2-3-14)6-13(19(18)22)10-31-15-8-24-21(25-9-15)27-17-11-30-5-4-16(17)23/h6-9,14,16-17H,2-5,10-11,23H2,1H3,(H,26,28)(H,24,25,27)/t16-,17+/m0/s1. The lowest BCUT2D eigenvalue weighted by Crippen LogP contribution is -2.47. The Kier molecular flexibility index (Phi) is 6.74. The zero-order valence-electron chi connectivity index (χ0n) is 17.3. The summed E-state index contributed by atoms with van der Waals surface area (Å²) in [5, 5.41) is 6.55. The van der Waals surface area contributed by atoms with Gasteiger partial charge in [0, 0.05) is 29.8 Å². The number of carbonyl (C=O) groups is 1. The molecule has 4 N–H and O–H groups in total. The van der Waals surface area contributed by atoms with Crippen molar-refractivity contribution >= 4 is 23.5 Å². The van der Waals surface area contributed by atoms with E-state index in [-0.39, 0.29) is 30.6 Å². The molecule has 1 aromatic heterocycles. The van der Waals surface area contributed by atoms with Gasteiger partial charge in [0.25, 0.3) is 5.91 Å². The summed E-state index contributed by atoms with van der Waals surface area (Å²) in [6.45, 7) is 1.33. The second-order valence-electron chi connectivity index (χ2n) is 7.71. The summed E-state index contributed by atoms with van der Waals surface area (Å²) in [7, 11) is 1.51. The van der Waals surface area contributed by atoms with Gasteiger partial charge in [0.1, 0.15) is 12.4 Å². The Morgan fingerprint density at radius 1 is 1.29 bits per heavy atom. The lowest BCUT2D eigenvalue weighted by Gasteiger charge is -2.29. The molecular weight excluding hydrogens is 422 g/mol. The van der Waals surface area contributed by atoms with Gasteiger partial charge in [0.2, 0.25) is 5.95 Å².